The predicted molar refractivity (Wildman–Crippen MR) is 135 cm³/mol. The zero-order chi connectivity index (χ0) is 26.2. The van der Waals surface area contributed by atoms with Crippen LogP contribution in [0.1, 0.15) is 31.2 Å². The number of nitrogens with one attached hydrogen (secondary N) is 3. The number of hydrogen-bond acceptors (Lipinski definition) is 8. The molecule has 35 heavy (non-hydrogen) atoms. The van der Waals surface area contributed by atoms with E-state index < -0.39 is 54.5 Å². The van der Waals surface area contributed by atoms with E-state index in [1.807, 2.05) is 24.5 Å². The van der Waals surface area contributed by atoms with E-state index >= 15 is 0 Å². The summed E-state index contributed by atoms with van der Waals surface area (Å²) in [7, 11) is 0. The van der Waals surface area contributed by atoms with E-state index in [2.05, 4.69) is 16.0 Å². The number of unbranched alkanes of at least 4 members (excludes halogenated alkanes) is 1. The van der Waals surface area contributed by atoms with Gasteiger partial charge in [0.05, 0.1) is 12.6 Å². The number of rotatable bonds is 17. The molecule has 0 aliphatic carbocycles. The molecule has 12 heteroatoms. The second-order valence-electron chi connectivity index (χ2n) is 8.07. The third kappa shape index (κ3) is 11.5. The first-order valence-electron chi connectivity index (χ1n) is 11.5. The number of nitrogens with two attached hydrogens (primary N) is 2. The van der Waals surface area contributed by atoms with Gasteiger partial charge in [-0.3, -0.25) is 14.4 Å². The Bertz CT molecular complexity index is 813. The maximum atomic E-state index is 13.2. The van der Waals surface area contributed by atoms with Crippen molar-refractivity contribution in [2.75, 3.05) is 25.2 Å². The fraction of sp³-hybridized carbons (Fsp3) is 0.565. The van der Waals surface area contributed by atoms with Gasteiger partial charge in [0.25, 0.3) is 0 Å². The average molecular weight is 512 g/mol. The number of aliphatic hydroxyl groups excluding tert-OH is 1. The minimum Gasteiger partial charge on any atom is -0.480 e. The van der Waals surface area contributed by atoms with Gasteiger partial charge in [-0.25, -0.2) is 4.79 Å². The first kappa shape index (κ1) is 30.4. The Labute approximate surface area is 209 Å². The summed E-state index contributed by atoms with van der Waals surface area (Å²) in [5, 5.41) is 25.9. The summed E-state index contributed by atoms with van der Waals surface area (Å²) in [6.45, 7) is -0.301. The largest absolute Gasteiger partial charge is 0.480 e. The van der Waals surface area contributed by atoms with Gasteiger partial charge >= 0.3 is 5.97 Å². The molecular weight excluding hydrogens is 474 g/mol. The topological polar surface area (TPSA) is 197 Å². The van der Waals surface area contributed by atoms with Crippen LogP contribution in [0.3, 0.4) is 0 Å². The molecule has 0 spiro atoms. The van der Waals surface area contributed by atoms with E-state index in [1.54, 1.807) is 12.1 Å². The van der Waals surface area contributed by atoms with Crippen LogP contribution in [-0.4, -0.2) is 83.2 Å². The summed E-state index contributed by atoms with van der Waals surface area (Å²) in [4.78, 5) is 49.7. The van der Waals surface area contributed by atoms with Crippen LogP contribution in [0.2, 0.25) is 0 Å². The van der Waals surface area contributed by atoms with Gasteiger partial charge in [0, 0.05) is 6.42 Å². The second kappa shape index (κ2) is 16.9. The van der Waals surface area contributed by atoms with E-state index in [-0.39, 0.29) is 12.8 Å². The number of hydrogen-bond donors (Lipinski definition) is 7. The number of amides is 3. The van der Waals surface area contributed by atoms with Crippen LogP contribution in [0.25, 0.3) is 0 Å². The molecule has 0 radical (unpaired) electrons. The maximum absolute atomic E-state index is 13.2. The first-order valence-corrected chi connectivity index (χ1v) is 12.9. The number of carbonyl (C=O) groups is 4. The van der Waals surface area contributed by atoms with Crippen LogP contribution in [-0.2, 0) is 25.6 Å². The lowest BCUT2D eigenvalue weighted by Gasteiger charge is -2.25. The van der Waals surface area contributed by atoms with Crippen molar-refractivity contribution in [3.8, 4) is 0 Å². The van der Waals surface area contributed by atoms with Gasteiger partial charge in [-0.15, -0.1) is 0 Å². The van der Waals surface area contributed by atoms with Crippen LogP contribution in [0, 0.1) is 0 Å². The Kier molecular flexibility index (Phi) is 14.6. The Balaban J connectivity index is 3.00. The van der Waals surface area contributed by atoms with Crippen molar-refractivity contribution in [3.05, 3.63) is 35.9 Å². The molecule has 3 amide bonds. The second-order valence-corrected chi connectivity index (χ2v) is 9.05. The van der Waals surface area contributed by atoms with Crippen molar-refractivity contribution in [3.63, 3.8) is 0 Å². The van der Waals surface area contributed by atoms with Crippen LogP contribution in [0.4, 0.5) is 0 Å². The molecule has 0 fully saturated rings. The van der Waals surface area contributed by atoms with Gasteiger partial charge in [-0.1, -0.05) is 36.8 Å². The van der Waals surface area contributed by atoms with Crippen molar-refractivity contribution in [1.82, 2.24) is 16.0 Å². The highest BCUT2D eigenvalue weighted by atomic mass is 32.2. The van der Waals surface area contributed by atoms with Crippen molar-refractivity contribution in [2.24, 2.45) is 11.5 Å². The Hall–Kier alpha value is -2.67. The molecule has 0 bridgehead atoms. The summed E-state index contributed by atoms with van der Waals surface area (Å²) >= 11 is 1.45. The summed E-state index contributed by atoms with van der Waals surface area (Å²) in [5.41, 5.74) is 12.3. The highest BCUT2D eigenvalue weighted by molar-refractivity contribution is 7.98. The average Bonchev–Trinajstić information content (AvgIpc) is 2.84. The van der Waals surface area contributed by atoms with E-state index in [0.717, 1.165) is 12.0 Å². The van der Waals surface area contributed by atoms with Crippen LogP contribution in [0.15, 0.2) is 30.3 Å². The number of aliphatic carboxylic acids is 1. The van der Waals surface area contributed by atoms with Crippen molar-refractivity contribution < 1.29 is 29.4 Å². The van der Waals surface area contributed by atoms with Crippen molar-refractivity contribution >= 4 is 35.5 Å². The summed E-state index contributed by atoms with van der Waals surface area (Å²) in [5.74, 6) is -2.72. The smallest absolute Gasteiger partial charge is 0.328 e. The first-order chi connectivity index (χ1) is 16.7. The molecule has 1 aromatic rings. The number of carboxylic acid groups (broad SMARTS) is 1. The normalized spacial score (nSPS) is 14.3. The lowest BCUT2D eigenvalue weighted by molar-refractivity contribution is -0.143. The van der Waals surface area contributed by atoms with Gasteiger partial charge in [-0.2, -0.15) is 11.8 Å². The quantitative estimate of drug-likeness (QED) is 0.128. The number of thioether (sulfide) groups is 1. The molecule has 4 unspecified atom stereocenters. The summed E-state index contributed by atoms with van der Waals surface area (Å²) < 4.78 is 0. The fourth-order valence-corrected chi connectivity index (χ4v) is 3.68. The van der Waals surface area contributed by atoms with Crippen molar-refractivity contribution in [1.29, 1.82) is 0 Å². The maximum Gasteiger partial charge on any atom is 0.328 e. The third-order valence-corrected chi connectivity index (χ3v) is 5.91. The highest BCUT2D eigenvalue weighted by Crippen LogP contribution is 2.08. The summed E-state index contributed by atoms with van der Waals surface area (Å²) in [6, 6.07) is 4.68. The lowest BCUT2D eigenvalue weighted by atomic mass is 10.0. The lowest BCUT2D eigenvalue weighted by Crippen LogP contribution is -2.58. The van der Waals surface area contributed by atoms with Crippen molar-refractivity contribution in [2.45, 2.75) is 56.3 Å². The van der Waals surface area contributed by atoms with E-state index in [4.69, 9.17) is 16.6 Å². The molecule has 0 saturated carbocycles. The molecule has 0 saturated heterocycles. The standard InChI is InChI=1S/C23H37N5O6S/c1-35-12-10-17(21(31)28-19(14-29)23(33)34)26-22(32)18(13-15-7-3-2-4-8-15)27-20(30)16(25)9-5-6-11-24/h2-4,7-8,16-19,29H,5-6,9-14,24-25H2,1H3,(H,26,32)(H,27,30)(H,28,31)(H,33,34). The monoisotopic (exact) mass is 511 g/mol. The van der Waals surface area contributed by atoms with Crippen LogP contribution < -0.4 is 27.4 Å². The molecule has 196 valence electrons. The third-order valence-electron chi connectivity index (χ3n) is 5.26. The molecular formula is C23H37N5O6S. The molecule has 11 nitrogen and oxygen atoms in total. The van der Waals surface area contributed by atoms with Gasteiger partial charge < -0.3 is 37.6 Å². The molecule has 0 heterocycles. The Morgan fingerprint density at radius 2 is 1.51 bits per heavy atom. The fourth-order valence-electron chi connectivity index (χ4n) is 3.21. The van der Waals surface area contributed by atoms with Crippen LogP contribution in [0.5, 0.6) is 0 Å². The minimum atomic E-state index is -1.50. The number of carbonyl (C=O) groups excluding carboxylic acids is 3. The molecule has 1 rings (SSSR count). The van der Waals surface area contributed by atoms with E-state index in [1.165, 1.54) is 11.8 Å². The Morgan fingerprint density at radius 1 is 0.914 bits per heavy atom. The van der Waals surface area contributed by atoms with Gasteiger partial charge in [-0.05, 0) is 43.4 Å². The molecule has 1 aromatic carbocycles. The number of benzene rings is 1. The molecule has 4 atom stereocenters. The number of aliphatic hydroxyl groups is 1. The SMILES string of the molecule is CSCCC(NC(=O)C(Cc1ccccc1)NC(=O)C(N)CCCCN)C(=O)NC(CO)C(=O)O. The summed E-state index contributed by atoms with van der Waals surface area (Å²) in [6.07, 6.45) is 4.04. The zero-order valence-corrected chi connectivity index (χ0v) is 20.8. The molecule has 0 aromatic heterocycles. The van der Waals surface area contributed by atoms with Gasteiger partial charge in [0.15, 0.2) is 0 Å². The Morgan fingerprint density at radius 3 is 2.09 bits per heavy atom. The highest BCUT2D eigenvalue weighted by Gasteiger charge is 2.30. The molecule has 0 aliphatic rings. The van der Waals surface area contributed by atoms with Gasteiger partial charge in [0.2, 0.25) is 17.7 Å². The van der Waals surface area contributed by atoms with Gasteiger partial charge in [0.1, 0.15) is 18.1 Å². The molecule has 9 N–H and O–H groups in total. The zero-order valence-electron chi connectivity index (χ0n) is 19.9. The minimum absolute atomic E-state index is 0.166. The number of carboxylic acids is 1. The van der Waals surface area contributed by atoms with Crippen LogP contribution >= 0.6 is 11.8 Å². The van der Waals surface area contributed by atoms with E-state index in [9.17, 15) is 24.3 Å². The predicted octanol–water partition coefficient (Wildman–Crippen LogP) is -1.03. The molecule has 0 aliphatic heterocycles. The van der Waals surface area contributed by atoms with E-state index in [0.29, 0.717) is 25.1 Å².